The molecule has 0 spiro atoms. The summed E-state index contributed by atoms with van der Waals surface area (Å²) in [6.07, 6.45) is 6.10. The second kappa shape index (κ2) is 7.74. The van der Waals surface area contributed by atoms with Crippen LogP contribution in [-0.2, 0) is 0 Å². The van der Waals surface area contributed by atoms with E-state index in [0.717, 1.165) is 6.42 Å². The Bertz CT molecular complexity index is 358. The van der Waals surface area contributed by atoms with E-state index in [4.69, 9.17) is 15.2 Å². The van der Waals surface area contributed by atoms with E-state index in [1.54, 1.807) is 0 Å². The lowest BCUT2D eigenvalue weighted by molar-refractivity contribution is 0.216. The summed E-state index contributed by atoms with van der Waals surface area (Å²) in [5.74, 6) is 1.71. The summed E-state index contributed by atoms with van der Waals surface area (Å²) in [5.41, 5.74) is 5.69. The van der Waals surface area contributed by atoms with Gasteiger partial charge in [-0.15, -0.1) is 0 Å². The molecule has 0 radical (unpaired) electrons. The van der Waals surface area contributed by atoms with E-state index >= 15 is 0 Å². The Hall–Kier alpha value is -1.52. The number of ether oxygens (including phenoxy) is 2. The first-order valence-electron chi connectivity index (χ1n) is 6.50. The van der Waals surface area contributed by atoms with E-state index in [1.165, 1.54) is 32.7 Å². The predicted octanol–water partition coefficient (Wildman–Crippen LogP) is 2.66. The standard InChI is InChI=1S/C13H23N3O2/c1-4-6-7-10(5-2)8-18-13-11(17-3)12(14)15-9-16-13/h9-10H,4-8H2,1-3H3,(H2,14,15,16). The summed E-state index contributed by atoms with van der Waals surface area (Å²) in [5, 5.41) is 0. The van der Waals surface area contributed by atoms with Gasteiger partial charge in [0.2, 0.25) is 5.75 Å². The second-order valence-corrected chi connectivity index (χ2v) is 4.32. The van der Waals surface area contributed by atoms with Gasteiger partial charge in [0, 0.05) is 0 Å². The lowest BCUT2D eigenvalue weighted by Gasteiger charge is -2.16. The number of aromatic nitrogens is 2. The number of nitrogens with zero attached hydrogens (tertiary/aromatic N) is 2. The maximum atomic E-state index is 5.70. The fourth-order valence-electron chi connectivity index (χ4n) is 1.76. The van der Waals surface area contributed by atoms with Gasteiger partial charge in [-0.1, -0.05) is 33.1 Å². The molecule has 0 fully saturated rings. The third-order valence-electron chi connectivity index (χ3n) is 3.00. The van der Waals surface area contributed by atoms with Crippen molar-refractivity contribution in [3.05, 3.63) is 6.33 Å². The monoisotopic (exact) mass is 253 g/mol. The highest BCUT2D eigenvalue weighted by Crippen LogP contribution is 2.29. The minimum atomic E-state index is 0.309. The Labute approximate surface area is 109 Å². The number of nitrogen functional groups attached to an aromatic ring is 1. The molecule has 1 unspecified atom stereocenters. The Morgan fingerprint density at radius 2 is 2.11 bits per heavy atom. The Morgan fingerprint density at radius 3 is 2.72 bits per heavy atom. The Morgan fingerprint density at radius 1 is 1.33 bits per heavy atom. The SMILES string of the molecule is CCCCC(CC)COc1ncnc(N)c1OC. The summed E-state index contributed by atoms with van der Waals surface area (Å²) < 4.78 is 10.9. The minimum absolute atomic E-state index is 0.309. The van der Waals surface area contributed by atoms with Crippen molar-refractivity contribution in [2.45, 2.75) is 39.5 Å². The van der Waals surface area contributed by atoms with Gasteiger partial charge in [0.15, 0.2) is 5.82 Å². The molecule has 0 aromatic carbocycles. The van der Waals surface area contributed by atoms with E-state index in [0.29, 0.717) is 30.0 Å². The minimum Gasteiger partial charge on any atom is -0.489 e. The molecule has 1 aromatic heterocycles. The zero-order valence-electron chi connectivity index (χ0n) is 11.5. The van der Waals surface area contributed by atoms with Crippen molar-refractivity contribution < 1.29 is 9.47 Å². The third-order valence-corrected chi connectivity index (χ3v) is 3.00. The van der Waals surface area contributed by atoms with Crippen molar-refractivity contribution in [3.63, 3.8) is 0 Å². The topological polar surface area (TPSA) is 70.3 Å². The molecule has 5 heteroatoms. The van der Waals surface area contributed by atoms with Crippen LogP contribution in [0.4, 0.5) is 5.82 Å². The molecule has 0 saturated heterocycles. The molecule has 1 rings (SSSR count). The number of anilines is 1. The van der Waals surface area contributed by atoms with Gasteiger partial charge in [-0.05, 0) is 12.3 Å². The molecule has 0 bridgehead atoms. The molecule has 5 nitrogen and oxygen atoms in total. The first kappa shape index (κ1) is 14.5. The van der Waals surface area contributed by atoms with Crippen molar-refractivity contribution >= 4 is 5.82 Å². The van der Waals surface area contributed by atoms with Gasteiger partial charge in [-0.2, -0.15) is 4.98 Å². The first-order valence-corrected chi connectivity index (χ1v) is 6.50. The molecule has 0 amide bonds. The van der Waals surface area contributed by atoms with Crippen LogP contribution in [0.1, 0.15) is 39.5 Å². The third kappa shape index (κ3) is 4.05. The number of nitrogens with two attached hydrogens (primary N) is 1. The summed E-state index contributed by atoms with van der Waals surface area (Å²) in [7, 11) is 1.54. The average molecular weight is 253 g/mol. The van der Waals surface area contributed by atoms with Crippen LogP contribution < -0.4 is 15.2 Å². The van der Waals surface area contributed by atoms with E-state index < -0.39 is 0 Å². The molecule has 0 aliphatic carbocycles. The van der Waals surface area contributed by atoms with E-state index in [2.05, 4.69) is 23.8 Å². The van der Waals surface area contributed by atoms with Gasteiger partial charge in [0.25, 0.3) is 5.88 Å². The van der Waals surface area contributed by atoms with Crippen molar-refractivity contribution in [1.29, 1.82) is 0 Å². The van der Waals surface area contributed by atoms with Crippen LogP contribution >= 0.6 is 0 Å². The van der Waals surface area contributed by atoms with Crippen molar-refractivity contribution in [1.82, 2.24) is 9.97 Å². The smallest absolute Gasteiger partial charge is 0.262 e. The molecule has 1 aromatic rings. The fraction of sp³-hybridized carbons (Fsp3) is 0.692. The second-order valence-electron chi connectivity index (χ2n) is 4.32. The molecule has 2 N–H and O–H groups in total. The average Bonchev–Trinajstić information content (AvgIpc) is 2.39. The zero-order chi connectivity index (χ0) is 13.4. The lowest BCUT2D eigenvalue weighted by atomic mass is 10.0. The molecular weight excluding hydrogens is 230 g/mol. The number of hydrogen-bond donors (Lipinski definition) is 1. The summed E-state index contributed by atoms with van der Waals surface area (Å²) in [6, 6.07) is 0. The summed E-state index contributed by atoms with van der Waals surface area (Å²) in [4.78, 5) is 7.93. The lowest BCUT2D eigenvalue weighted by Crippen LogP contribution is -2.13. The molecule has 0 aliphatic heterocycles. The highest BCUT2D eigenvalue weighted by molar-refractivity contribution is 5.51. The maximum Gasteiger partial charge on any atom is 0.262 e. The van der Waals surface area contributed by atoms with Gasteiger partial charge in [0.1, 0.15) is 6.33 Å². The van der Waals surface area contributed by atoms with Crippen molar-refractivity contribution in [2.75, 3.05) is 19.5 Å². The van der Waals surface area contributed by atoms with Crippen LogP contribution in [0, 0.1) is 5.92 Å². The molecule has 0 saturated carbocycles. The molecule has 18 heavy (non-hydrogen) atoms. The van der Waals surface area contributed by atoms with Crippen LogP contribution in [0.3, 0.4) is 0 Å². The fourth-order valence-corrected chi connectivity index (χ4v) is 1.76. The van der Waals surface area contributed by atoms with Crippen LogP contribution in [0.5, 0.6) is 11.6 Å². The van der Waals surface area contributed by atoms with Crippen LogP contribution in [0.2, 0.25) is 0 Å². The summed E-state index contributed by atoms with van der Waals surface area (Å²) in [6.45, 7) is 5.01. The first-order chi connectivity index (χ1) is 8.72. The normalized spacial score (nSPS) is 12.2. The maximum absolute atomic E-state index is 5.70. The van der Waals surface area contributed by atoms with Gasteiger partial charge in [-0.3, -0.25) is 0 Å². The van der Waals surface area contributed by atoms with Gasteiger partial charge in [0.05, 0.1) is 13.7 Å². The van der Waals surface area contributed by atoms with Crippen LogP contribution in [0.15, 0.2) is 6.33 Å². The van der Waals surface area contributed by atoms with E-state index in [-0.39, 0.29) is 0 Å². The van der Waals surface area contributed by atoms with Crippen LogP contribution in [-0.4, -0.2) is 23.7 Å². The summed E-state index contributed by atoms with van der Waals surface area (Å²) >= 11 is 0. The van der Waals surface area contributed by atoms with Crippen LogP contribution in [0.25, 0.3) is 0 Å². The highest BCUT2D eigenvalue weighted by atomic mass is 16.5. The van der Waals surface area contributed by atoms with Gasteiger partial charge >= 0.3 is 0 Å². The van der Waals surface area contributed by atoms with Gasteiger partial charge in [-0.25, -0.2) is 4.98 Å². The predicted molar refractivity (Wildman–Crippen MR) is 71.8 cm³/mol. The molecule has 1 atom stereocenters. The quantitative estimate of drug-likeness (QED) is 0.771. The molecular formula is C13H23N3O2. The molecule has 0 aliphatic rings. The van der Waals surface area contributed by atoms with Gasteiger partial charge < -0.3 is 15.2 Å². The van der Waals surface area contributed by atoms with Crippen molar-refractivity contribution in [2.24, 2.45) is 5.92 Å². The number of unbranched alkanes of at least 4 members (excludes halogenated alkanes) is 1. The number of hydrogen-bond acceptors (Lipinski definition) is 5. The highest BCUT2D eigenvalue weighted by Gasteiger charge is 2.13. The largest absolute Gasteiger partial charge is 0.489 e. The Kier molecular flexibility index (Phi) is 6.25. The molecule has 1 heterocycles. The Balaban J connectivity index is 2.59. The zero-order valence-corrected chi connectivity index (χ0v) is 11.5. The molecule has 102 valence electrons. The van der Waals surface area contributed by atoms with E-state index in [1.807, 2.05) is 0 Å². The van der Waals surface area contributed by atoms with Crippen molar-refractivity contribution in [3.8, 4) is 11.6 Å². The number of methoxy groups -OCH3 is 1. The number of rotatable bonds is 8. The van der Waals surface area contributed by atoms with E-state index in [9.17, 15) is 0 Å².